The number of hydrogen-bond acceptors (Lipinski definition) is 4. The molecule has 1 aliphatic rings. The van der Waals surface area contributed by atoms with Crippen LogP contribution in [0.1, 0.15) is 67.2 Å². The van der Waals surface area contributed by atoms with Crippen LogP contribution in [0.15, 0.2) is 4.76 Å². The third-order valence-corrected chi connectivity index (χ3v) is 5.68. The molecule has 0 radical (unpaired) electrons. The lowest BCUT2D eigenvalue weighted by molar-refractivity contribution is 0.0493. The Hall–Kier alpha value is -0.620. The zero-order valence-corrected chi connectivity index (χ0v) is 18.6. The minimum absolute atomic E-state index is 0.616. The van der Waals surface area contributed by atoms with Crippen LogP contribution in [0.2, 0.25) is 0 Å². The maximum atomic E-state index is 13.4. The molecule has 0 aromatic carbocycles. The summed E-state index contributed by atoms with van der Waals surface area (Å²) in [5.41, 5.74) is 4.32. The maximum Gasteiger partial charge on any atom is 0.458 e. The van der Waals surface area contributed by atoms with E-state index < -0.39 is 18.9 Å². The van der Waals surface area contributed by atoms with Gasteiger partial charge in [-0.05, 0) is 60.9 Å². The van der Waals surface area contributed by atoms with Gasteiger partial charge >= 0.3 is 7.75 Å². The Morgan fingerprint density at radius 1 is 1.00 bits per heavy atom. The molecule has 26 heavy (non-hydrogen) atoms. The zero-order valence-electron chi connectivity index (χ0n) is 17.7. The van der Waals surface area contributed by atoms with Gasteiger partial charge in [0, 0.05) is 26.7 Å². The van der Waals surface area contributed by atoms with Gasteiger partial charge in [0.1, 0.15) is 0 Å². The van der Waals surface area contributed by atoms with E-state index in [1.54, 1.807) is 0 Å². The van der Waals surface area contributed by atoms with E-state index in [0.717, 1.165) is 51.9 Å². The van der Waals surface area contributed by atoms with Crippen LogP contribution in [0.5, 0.6) is 0 Å². The van der Waals surface area contributed by atoms with Crippen molar-refractivity contribution < 1.29 is 13.6 Å². The first kappa shape index (κ1) is 23.4. The Morgan fingerprint density at radius 2 is 1.54 bits per heavy atom. The summed E-state index contributed by atoms with van der Waals surface area (Å²) in [5, 5.41) is 0. The largest absolute Gasteiger partial charge is 0.458 e. The summed E-state index contributed by atoms with van der Waals surface area (Å²) < 4.78 is 29.5. The third-order valence-electron chi connectivity index (χ3n) is 3.70. The van der Waals surface area contributed by atoms with Gasteiger partial charge in [-0.1, -0.05) is 12.8 Å². The molecule has 1 saturated heterocycles. The highest BCUT2D eigenvalue weighted by Gasteiger charge is 2.38. The Morgan fingerprint density at radius 3 is 2.04 bits per heavy atom. The monoisotopic (exact) mass is 390 g/mol. The fourth-order valence-corrected chi connectivity index (χ4v) is 4.73. The van der Waals surface area contributed by atoms with Gasteiger partial charge in [0.05, 0.1) is 11.2 Å². The molecule has 0 bridgehead atoms. The molecule has 1 rings (SSSR count). The second-order valence-corrected chi connectivity index (χ2v) is 10.4. The normalized spacial score (nSPS) is 18.2. The first-order valence-corrected chi connectivity index (χ1v) is 11.1. The van der Waals surface area contributed by atoms with Crippen molar-refractivity contribution in [2.75, 3.05) is 33.2 Å². The summed E-state index contributed by atoms with van der Waals surface area (Å²) in [5.74, 6) is 0.695. The van der Waals surface area contributed by atoms with Crippen LogP contribution < -0.4 is 5.73 Å². The van der Waals surface area contributed by atoms with Crippen molar-refractivity contribution >= 4 is 13.7 Å². The van der Waals surface area contributed by atoms with E-state index in [0.29, 0.717) is 5.96 Å². The second-order valence-electron chi connectivity index (χ2n) is 8.89. The topological polar surface area (TPSA) is 80.4 Å². The lowest BCUT2D eigenvalue weighted by Gasteiger charge is -2.30. The fraction of sp³-hybridized carbons (Fsp3) is 0.944. The predicted molar refractivity (Wildman–Crippen MR) is 108 cm³/mol. The van der Waals surface area contributed by atoms with E-state index in [-0.39, 0.29) is 0 Å². The highest BCUT2D eigenvalue weighted by molar-refractivity contribution is 7.52. The Balaban J connectivity index is 2.93. The van der Waals surface area contributed by atoms with Crippen molar-refractivity contribution in [3.8, 4) is 0 Å². The minimum atomic E-state index is -3.65. The number of nitrogens with zero attached hydrogens (tertiary/aromatic N) is 3. The zero-order chi connectivity index (χ0) is 20.0. The second kappa shape index (κ2) is 9.54. The Labute approximate surface area is 159 Å². The first-order chi connectivity index (χ1) is 11.9. The van der Waals surface area contributed by atoms with Gasteiger partial charge in [0.15, 0.2) is 0 Å². The summed E-state index contributed by atoms with van der Waals surface area (Å²) in [6, 6.07) is 0. The molecule has 0 aromatic heterocycles. The summed E-state index contributed by atoms with van der Waals surface area (Å²) in [6.45, 7) is 14.5. The summed E-state index contributed by atoms with van der Waals surface area (Å²) >= 11 is 0. The highest BCUT2D eigenvalue weighted by Crippen LogP contribution is 2.56. The number of likely N-dealkylation sites (N-methyl/N-ethyl adjacent to an activating group) is 1. The molecule has 1 aliphatic heterocycles. The van der Waals surface area contributed by atoms with E-state index in [1.165, 1.54) is 0 Å². The minimum Gasteiger partial charge on any atom is -0.344 e. The van der Waals surface area contributed by atoms with Crippen LogP contribution in [0, 0.1) is 0 Å². The third kappa shape index (κ3) is 8.85. The quantitative estimate of drug-likeness (QED) is 0.476. The van der Waals surface area contributed by atoms with Gasteiger partial charge in [-0.2, -0.15) is 0 Å². The SMILES string of the molecule is CN1CCN(CCCCCCN)C1=NP(=O)(OC(C)(C)C)OC(C)(C)C. The summed E-state index contributed by atoms with van der Waals surface area (Å²) in [4.78, 5) is 4.19. The molecule has 2 N–H and O–H groups in total. The van der Waals surface area contributed by atoms with E-state index in [2.05, 4.69) is 9.66 Å². The van der Waals surface area contributed by atoms with E-state index in [9.17, 15) is 4.57 Å². The summed E-state index contributed by atoms with van der Waals surface area (Å²) in [6.07, 6.45) is 4.41. The van der Waals surface area contributed by atoms with E-state index >= 15 is 0 Å². The smallest absolute Gasteiger partial charge is 0.344 e. The van der Waals surface area contributed by atoms with Crippen molar-refractivity contribution in [1.82, 2.24) is 9.80 Å². The Bertz CT molecular complexity index is 492. The molecule has 7 nitrogen and oxygen atoms in total. The molecule has 0 unspecified atom stereocenters. The molecule has 0 spiro atoms. The molecule has 0 saturated carbocycles. The summed E-state index contributed by atoms with van der Waals surface area (Å²) in [7, 11) is -1.68. The average molecular weight is 391 g/mol. The van der Waals surface area contributed by atoms with Crippen LogP contribution in [0.3, 0.4) is 0 Å². The predicted octanol–water partition coefficient (Wildman–Crippen LogP) is 3.85. The van der Waals surface area contributed by atoms with Crippen LogP contribution in [-0.2, 0) is 13.6 Å². The van der Waals surface area contributed by atoms with Crippen LogP contribution in [0.4, 0.5) is 0 Å². The standard InChI is InChI=1S/C18H39N4O3P/c1-17(2,3)24-26(23,25-18(4,5)6)20-16-21(7)14-15-22(16)13-11-9-8-10-12-19/h8-15,19H2,1-7H3. The number of hydrogen-bond donors (Lipinski definition) is 1. The molecule has 0 aliphatic carbocycles. The van der Waals surface area contributed by atoms with Crippen molar-refractivity contribution in [1.29, 1.82) is 0 Å². The lowest BCUT2D eigenvalue weighted by Crippen LogP contribution is -2.33. The van der Waals surface area contributed by atoms with Gasteiger partial charge in [-0.3, -0.25) is 9.05 Å². The van der Waals surface area contributed by atoms with Crippen molar-refractivity contribution in [3.05, 3.63) is 0 Å². The number of unbranched alkanes of at least 4 members (excludes halogenated alkanes) is 3. The Kier molecular flexibility index (Phi) is 8.59. The van der Waals surface area contributed by atoms with Gasteiger partial charge < -0.3 is 15.5 Å². The molecule has 0 aromatic rings. The van der Waals surface area contributed by atoms with Gasteiger partial charge in [-0.15, -0.1) is 4.76 Å². The van der Waals surface area contributed by atoms with Crippen molar-refractivity contribution in [2.45, 2.75) is 78.4 Å². The van der Waals surface area contributed by atoms with Crippen molar-refractivity contribution in [3.63, 3.8) is 0 Å². The fourth-order valence-electron chi connectivity index (χ4n) is 2.73. The molecule has 8 heteroatoms. The molecule has 1 fully saturated rings. The average Bonchev–Trinajstić information content (AvgIpc) is 2.75. The molecule has 1 heterocycles. The van der Waals surface area contributed by atoms with Crippen LogP contribution in [-0.4, -0.2) is 60.2 Å². The van der Waals surface area contributed by atoms with E-state index in [1.807, 2.05) is 53.5 Å². The molecule has 154 valence electrons. The molecule has 0 atom stereocenters. The number of rotatable bonds is 9. The number of nitrogens with two attached hydrogens (primary N) is 1. The van der Waals surface area contributed by atoms with Crippen LogP contribution in [0.25, 0.3) is 0 Å². The highest BCUT2D eigenvalue weighted by atomic mass is 31.2. The molecule has 0 amide bonds. The maximum absolute atomic E-state index is 13.4. The number of guanidine groups is 1. The van der Waals surface area contributed by atoms with Gasteiger partial charge in [0.25, 0.3) is 0 Å². The lowest BCUT2D eigenvalue weighted by atomic mass is 10.2. The van der Waals surface area contributed by atoms with Crippen LogP contribution >= 0.6 is 7.75 Å². The molecular formula is C18H39N4O3P. The first-order valence-electron chi connectivity index (χ1n) is 9.63. The molecular weight excluding hydrogens is 351 g/mol. The van der Waals surface area contributed by atoms with Gasteiger partial charge in [0.2, 0.25) is 5.96 Å². The van der Waals surface area contributed by atoms with E-state index in [4.69, 9.17) is 14.8 Å². The van der Waals surface area contributed by atoms with Crippen molar-refractivity contribution in [2.24, 2.45) is 10.5 Å². The van der Waals surface area contributed by atoms with Gasteiger partial charge in [-0.25, -0.2) is 4.57 Å².